The normalized spacial score (nSPS) is 11.5. The van der Waals surface area contributed by atoms with Crippen molar-refractivity contribution in [2.75, 3.05) is 0 Å². The first-order chi connectivity index (χ1) is 27.7. The maximum atomic E-state index is 9.31. The molecule has 0 saturated carbocycles. The molecule has 0 unspecified atom stereocenters. The summed E-state index contributed by atoms with van der Waals surface area (Å²) in [5.41, 5.74) is 16.0. The fourth-order valence-corrected chi connectivity index (χ4v) is 8.17. The summed E-state index contributed by atoms with van der Waals surface area (Å²) >= 11 is 2.44. The first-order valence-corrected chi connectivity index (χ1v) is 20.0. The zero-order chi connectivity index (χ0) is 37.8. The van der Waals surface area contributed by atoms with Gasteiger partial charge in [-0.1, -0.05) is 133 Å². The van der Waals surface area contributed by atoms with Gasteiger partial charge in [-0.2, -0.15) is 10.5 Å². The SMILES string of the molecule is N#CSCc1cccc(-c2c3nc(c(-c4ccccc4)c4ccc([n-]4)c(-c4cccc(CSC#N)c4)c4nc(c(-c5ccccc5)c5ccc2[n-]5)C=C4)C=C3)c1.[Zn+2]. The zero-order valence-electron chi connectivity index (χ0n) is 30.6. The van der Waals surface area contributed by atoms with Gasteiger partial charge in [-0.25, -0.2) is 9.97 Å². The molecule has 0 atom stereocenters. The van der Waals surface area contributed by atoms with Crippen molar-refractivity contribution in [2.24, 2.45) is 0 Å². The molecule has 6 nitrogen and oxygen atoms in total. The molecule has 4 aromatic carbocycles. The van der Waals surface area contributed by atoms with Crippen molar-refractivity contribution < 1.29 is 19.5 Å². The van der Waals surface area contributed by atoms with Crippen molar-refractivity contribution in [2.45, 2.75) is 11.5 Å². The van der Waals surface area contributed by atoms with Crippen LogP contribution in [0.5, 0.6) is 0 Å². The van der Waals surface area contributed by atoms with Gasteiger partial charge in [-0.05, 0) is 103 Å². The van der Waals surface area contributed by atoms with E-state index in [-0.39, 0.29) is 19.5 Å². The summed E-state index contributed by atoms with van der Waals surface area (Å²) in [5, 5.41) is 23.0. The Morgan fingerprint density at radius 1 is 0.421 bits per heavy atom. The van der Waals surface area contributed by atoms with Gasteiger partial charge in [0.2, 0.25) is 0 Å². The summed E-state index contributed by atoms with van der Waals surface area (Å²) in [6, 6.07) is 45.4. The maximum absolute atomic E-state index is 9.31. The van der Waals surface area contributed by atoms with Crippen molar-refractivity contribution in [3.63, 3.8) is 0 Å². The Morgan fingerprint density at radius 2 is 0.754 bits per heavy atom. The van der Waals surface area contributed by atoms with Gasteiger partial charge >= 0.3 is 19.5 Å². The van der Waals surface area contributed by atoms with E-state index in [1.807, 2.05) is 60.7 Å². The van der Waals surface area contributed by atoms with E-state index >= 15 is 0 Å². The largest absolute Gasteiger partial charge is 2.00 e. The Kier molecular flexibility index (Phi) is 11.2. The van der Waals surface area contributed by atoms with Crippen LogP contribution in [-0.2, 0) is 31.0 Å². The zero-order valence-corrected chi connectivity index (χ0v) is 35.2. The van der Waals surface area contributed by atoms with E-state index in [0.717, 1.165) is 100 Å². The van der Waals surface area contributed by atoms with E-state index in [1.165, 1.54) is 23.5 Å². The molecular formula is C48H30N6S2Zn. The predicted molar refractivity (Wildman–Crippen MR) is 232 cm³/mol. The molecule has 2 aliphatic rings. The minimum Gasteiger partial charge on any atom is -0.657 e. The number of rotatable bonds is 8. The molecule has 0 aliphatic carbocycles. The Balaban J connectivity index is 0.00000455. The van der Waals surface area contributed by atoms with E-state index < -0.39 is 0 Å². The summed E-state index contributed by atoms with van der Waals surface area (Å²) in [5.74, 6) is 1.15. The van der Waals surface area contributed by atoms with Crippen molar-refractivity contribution in [3.05, 3.63) is 167 Å². The van der Waals surface area contributed by atoms with Crippen molar-refractivity contribution >= 4 is 69.9 Å². The van der Waals surface area contributed by atoms with E-state index in [2.05, 4.69) is 108 Å². The Labute approximate surface area is 351 Å². The van der Waals surface area contributed by atoms with Crippen molar-refractivity contribution in [1.29, 1.82) is 10.5 Å². The molecule has 0 amide bonds. The second-order valence-corrected chi connectivity index (χ2v) is 14.8. The van der Waals surface area contributed by atoms with Gasteiger partial charge in [-0.15, -0.1) is 22.1 Å². The maximum Gasteiger partial charge on any atom is 2.00 e. The second kappa shape index (κ2) is 16.9. The third kappa shape index (κ3) is 7.66. The quantitative estimate of drug-likeness (QED) is 0.110. The third-order valence-corrected chi connectivity index (χ3v) is 11.0. The average Bonchev–Trinajstić information content (AvgIpc) is 4.09. The van der Waals surface area contributed by atoms with Gasteiger partial charge in [0.15, 0.2) is 0 Å². The molecule has 8 bridgehead atoms. The number of benzene rings is 4. The predicted octanol–water partition coefficient (Wildman–Crippen LogP) is 12.0. The van der Waals surface area contributed by atoms with Crippen LogP contribution in [0.3, 0.4) is 0 Å². The molecule has 0 fully saturated rings. The molecule has 0 radical (unpaired) electrons. The first kappa shape index (κ1) is 37.7. The fraction of sp³-hybridized carbons (Fsp3) is 0.0417. The van der Waals surface area contributed by atoms with Crippen LogP contribution < -0.4 is 9.97 Å². The van der Waals surface area contributed by atoms with Crippen molar-refractivity contribution in [1.82, 2.24) is 19.9 Å². The van der Waals surface area contributed by atoms with Gasteiger partial charge < -0.3 is 9.97 Å². The number of thioether (sulfide) groups is 2. The topological polar surface area (TPSA) is 102 Å². The number of nitriles is 2. The summed E-state index contributed by atoms with van der Waals surface area (Å²) < 4.78 is 0. The average molecular weight is 820 g/mol. The van der Waals surface area contributed by atoms with E-state index in [0.29, 0.717) is 11.5 Å². The molecule has 5 heterocycles. The number of nitrogens with zero attached hydrogens (tertiary/aromatic N) is 6. The van der Waals surface area contributed by atoms with Crippen LogP contribution in [-0.4, -0.2) is 9.97 Å². The molecule has 266 valence electrons. The summed E-state index contributed by atoms with van der Waals surface area (Å²) in [6.07, 6.45) is 8.26. The molecule has 0 N–H and O–H groups in total. The Morgan fingerprint density at radius 3 is 1.11 bits per heavy atom. The van der Waals surface area contributed by atoms with Crippen LogP contribution in [0.1, 0.15) is 33.9 Å². The molecule has 0 saturated heterocycles. The monoisotopic (exact) mass is 818 g/mol. The minimum absolute atomic E-state index is 0. The molecule has 2 aliphatic heterocycles. The number of hydrogen-bond donors (Lipinski definition) is 0. The van der Waals surface area contributed by atoms with Gasteiger partial charge in [0, 0.05) is 11.5 Å². The fourth-order valence-electron chi connectivity index (χ4n) is 7.34. The smallest absolute Gasteiger partial charge is 0.657 e. The van der Waals surface area contributed by atoms with Crippen LogP contribution in [0.15, 0.2) is 133 Å². The van der Waals surface area contributed by atoms with Gasteiger partial charge in [-0.3, -0.25) is 0 Å². The second-order valence-electron chi connectivity index (χ2n) is 13.3. The van der Waals surface area contributed by atoms with Crippen molar-refractivity contribution in [3.8, 4) is 55.3 Å². The van der Waals surface area contributed by atoms with Crippen LogP contribution in [0.4, 0.5) is 0 Å². The van der Waals surface area contributed by atoms with Gasteiger partial charge in [0.05, 0.1) is 22.8 Å². The van der Waals surface area contributed by atoms with Crippen LogP contribution in [0.2, 0.25) is 0 Å². The van der Waals surface area contributed by atoms with E-state index in [4.69, 9.17) is 19.9 Å². The van der Waals surface area contributed by atoms with Crippen LogP contribution in [0.25, 0.3) is 90.9 Å². The minimum atomic E-state index is 0. The summed E-state index contributed by atoms with van der Waals surface area (Å²) in [7, 11) is 0. The molecular weight excluding hydrogens is 790 g/mol. The van der Waals surface area contributed by atoms with Gasteiger partial charge in [0.25, 0.3) is 0 Å². The molecule has 7 aromatic rings. The Bertz CT molecular complexity index is 2750. The molecule has 9 rings (SSSR count). The first-order valence-electron chi connectivity index (χ1n) is 18.0. The summed E-state index contributed by atoms with van der Waals surface area (Å²) in [4.78, 5) is 21.4. The molecule has 3 aromatic heterocycles. The van der Waals surface area contributed by atoms with E-state index in [9.17, 15) is 10.5 Å². The standard InChI is InChI=1S/C48H30N6S2.Zn/c49-29-55-27-31-9-7-15-35(25-31)47-41-21-17-37(51-41)45(33-11-3-1-4-12-33)38-18-22-42(52-38)48(36-16-8-10-32(26-36)28-56-30-50)44-24-20-40(54-44)46(34-13-5-2-6-14-34)39-19-23-43(47)53-39;/h1-26H,27-28H2;/q-2;+2. The van der Waals surface area contributed by atoms with E-state index in [1.54, 1.807) is 0 Å². The Hall–Kier alpha value is -6.22. The number of thiocyanates is 2. The molecule has 0 spiro atoms. The van der Waals surface area contributed by atoms with Crippen LogP contribution in [0, 0.1) is 21.3 Å². The van der Waals surface area contributed by atoms with Crippen LogP contribution >= 0.6 is 23.5 Å². The number of fused-ring (bicyclic) bond motifs is 8. The summed E-state index contributed by atoms with van der Waals surface area (Å²) in [6.45, 7) is 0. The molecule has 57 heavy (non-hydrogen) atoms. The van der Waals surface area contributed by atoms with Gasteiger partial charge in [0.1, 0.15) is 10.8 Å². The number of hydrogen-bond acceptors (Lipinski definition) is 6. The third-order valence-electron chi connectivity index (χ3n) is 9.77. The molecule has 9 heteroatoms. The number of aromatic nitrogens is 4.